The zero-order valence-corrected chi connectivity index (χ0v) is 12.4. The number of hydrogen-bond acceptors (Lipinski definition) is 5. The predicted octanol–water partition coefficient (Wildman–Crippen LogP) is 2.10. The molecular formula is C16H16N2O4. The Labute approximate surface area is 127 Å². The number of allylic oxidation sites excluding steroid dienone is 1. The molecule has 0 saturated carbocycles. The van der Waals surface area contributed by atoms with Gasteiger partial charge in [0.2, 0.25) is 5.75 Å². The van der Waals surface area contributed by atoms with Crippen LogP contribution in [0.1, 0.15) is 15.9 Å². The highest BCUT2D eigenvalue weighted by Crippen LogP contribution is 2.40. The molecule has 0 bridgehead atoms. The van der Waals surface area contributed by atoms with Crippen molar-refractivity contribution in [2.75, 3.05) is 20.3 Å². The maximum atomic E-state index is 12.0. The molecule has 0 saturated heterocycles. The molecule has 2 aromatic rings. The van der Waals surface area contributed by atoms with Crippen molar-refractivity contribution < 1.29 is 19.0 Å². The molecule has 1 aromatic carbocycles. The van der Waals surface area contributed by atoms with Crippen molar-refractivity contribution >= 4 is 11.9 Å². The molecule has 22 heavy (non-hydrogen) atoms. The molecule has 2 heterocycles. The summed E-state index contributed by atoms with van der Waals surface area (Å²) < 4.78 is 18.0. The standard InChI is InChI=1S/C16H16N2O4/c1-18-10-12(9-17-18)13(19)4-3-11-7-14(20-2)16-15(8-11)21-5-6-22-16/h3-4,7-10H,5-6H2,1-2H3/b4-3+. The Balaban J connectivity index is 1.85. The Hall–Kier alpha value is -2.76. The number of fused-ring (bicyclic) bond motifs is 1. The predicted molar refractivity (Wildman–Crippen MR) is 80.6 cm³/mol. The van der Waals surface area contributed by atoms with Crippen LogP contribution in [0.25, 0.3) is 6.08 Å². The van der Waals surface area contributed by atoms with Crippen LogP contribution in [0, 0.1) is 0 Å². The molecule has 0 spiro atoms. The third kappa shape index (κ3) is 2.81. The van der Waals surface area contributed by atoms with Crippen molar-refractivity contribution in [3.05, 3.63) is 41.7 Å². The van der Waals surface area contributed by atoms with E-state index < -0.39 is 0 Å². The Morgan fingerprint density at radius 2 is 2.18 bits per heavy atom. The number of benzene rings is 1. The number of ketones is 1. The second-order valence-electron chi connectivity index (χ2n) is 4.85. The van der Waals surface area contributed by atoms with Crippen LogP contribution in [0.3, 0.4) is 0 Å². The van der Waals surface area contributed by atoms with Crippen molar-refractivity contribution in [2.45, 2.75) is 0 Å². The van der Waals surface area contributed by atoms with Crippen LogP contribution in [0.2, 0.25) is 0 Å². The van der Waals surface area contributed by atoms with E-state index in [-0.39, 0.29) is 5.78 Å². The van der Waals surface area contributed by atoms with E-state index in [1.165, 1.54) is 12.3 Å². The molecule has 0 atom stereocenters. The molecule has 0 N–H and O–H groups in total. The molecule has 1 aliphatic heterocycles. The van der Waals surface area contributed by atoms with E-state index >= 15 is 0 Å². The van der Waals surface area contributed by atoms with E-state index in [1.54, 1.807) is 37.2 Å². The van der Waals surface area contributed by atoms with Crippen LogP contribution in [0.5, 0.6) is 17.2 Å². The van der Waals surface area contributed by atoms with Gasteiger partial charge >= 0.3 is 0 Å². The zero-order chi connectivity index (χ0) is 15.5. The molecule has 0 radical (unpaired) electrons. The molecular weight excluding hydrogens is 284 g/mol. The largest absolute Gasteiger partial charge is 0.493 e. The van der Waals surface area contributed by atoms with Crippen molar-refractivity contribution in [2.24, 2.45) is 7.05 Å². The molecule has 1 aromatic heterocycles. The molecule has 6 nitrogen and oxygen atoms in total. The Morgan fingerprint density at radius 3 is 2.91 bits per heavy atom. The van der Waals surface area contributed by atoms with Crippen LogP contribution < -0.4 is 14.2 Å². The van der Waals surface area contributed by atoms with E-state index in [0.29, 0.717) is 36.0 Å². The minimum atomic E-state index is -0.109. The molecule has 6 heteroatoms. The summed E-state index contributed by atoms with van der Waals surface area (Å²) in [5.41, 5.74) is 1.35. The third-order valence-electron chi connectivity index (χ3n) is 3.27. The average Bonchev–Trinajstić information content (AvgIpc) is 2.98. The highest BCUT2D eigenvalue weighted by Gasteiger charge is 2.17. The van der Waals surface area contributed by atoms with Crippen molar-refractivity contribution in [1.82, 2.24) is 9.78 Å². The number of carbonyl (C=O) groups is 1. The average molecular weight is 300 g/mol. The number of nitrogens with zero attached hydrogens (tertiary/aromatic N) is 2. The number of methoxy groups -OCH3 is 1. The van der Waals surface area contributed by atoms with Crippen LogP contribution >= 0.6 is 0 Å². The number of rotatable bonds is 4. The first-order chi connectivity index (χ1) is 10.7. The quantitative estimate of drug-likeness (QED) is 0.639. The van der Waals surface area contributed by atoms with Gasteiger partial charge in [-0.2, -0.15) is 5.10 Å². The van der Waals surface area contributed by atoms with E-state index in [2.05, 4.69) is 5.10 Å². The summed E-state index contributed by atoms with van der Waals surface area (Å²) in [4.78, 5) is 12.0. The summed E-state index contributed by atoms with van der Waals surface area (Å²) in [6.45, 7) is 0.996. The van der Waals surface area contributed by atoms with Crippen LogP contribution in [-0.2, 0) is 7.05 Å². The minimum Gasteiger partial charge on any atom is -0.493 e. The Kier molecular flexibility index (Phi) is 3.82. The first-order valence-corrected chi connectivity index (χ1v) is 6.86. The summed E-state index contributed by atoms with van der Waals surface area (Å²) in [5.74, 6) is 1.70. The highest BCUT2D eigenvalue weighted by atomic mass is 16.6. The SMILES string of the molecule is COc1cc(/C=C/C(=O)c2cnn(C)c2)cc2c1OCCO2. The Bertz CT molecular complexity index is 716. The molecule has 1 aliphatic rings. The molecule has 0 amide bonds. The van der Waals surface area contributed by atoms with Gasteiger partial charge in [0.05, 0.1) is 18.9 Å². The van der Waals surface area contributed by atoms with E-state index in [4.69, 9.17) is 14.2 Å². The van der Waals surface area contributed by atoms with Gasteiger partial charge in [-0.1, -0.05) is 6.08 Å². The van der Waals surface area contributed by atoms with Crippen molar-refractivity contribution in [3.8, 4) is 17.2 Å². The maximum Gasteiger partial charge on any atom is 0.203 e. The Morgan fingerprint density at radius 1 is 1.36 bits per heavy atom. The van der Waals surface area contributed by atoms with Crippen molar-refractivity contribution in [3.63, 3.8) is 0 Å². The van der Waals surface area contributed by atoms with Gasteiger partial charge in [-0.15, -0.1) is 0 Å². The summed E-state index contributed by atoms with van der Waals surface area (Å²) in [7, 11) is 3.34. The van der Waals surface area contributed by atoms with Gasteiger partial charge in [-0.05, 0) is 23.8 Å². The van der Waals surface area contributed by atoms with Gasteiger partial charge in [0.1, 0.15) is 13.2 Å². The first-order valence-electron chi connectivity index (χ1n) is 6.86. The number of ether oxygens (including phenoxy) is 3. The maximum absolute atomic E-state index is 12.0. The first kappa shape index (κ1) is 14.2. The smallest absolute Gasteiger partial charge is 0.203 e. The van der Waals surface area contributed by atoms with Gasteiger partial charge < -0.3 is 14.2 Å². The number of aromatic nitrogens is 2. The topological polar surface area (TPSA) is 62.6 Å². The lowest BCUT2D eigenvalue weighted by molar-refractivity contribution is 0.104. The fraction of sp³-hybridized carbons (Fsp3) is 0.250. The zero-order valence-electron chi connectivity index (χ0n) is 12.4. The summed E-state index contributed by atoms with van der Waals surface area (Å²) in [5, 5.41) is 3.98. The highest BCUT2D eigenvalue weighted by molar-refractivity contribution is 6.06. The number of carbonyl (C=O) groups excluding carboxylic acids is 1. The summed E-state index contributed by atoms with van der Waals surface area (Å²) >= 11 is 0. The fourth-order valence-electron chi connectivity index (χ4n) is 2.21. The van der Waals surface area contributed by atoms with Crippen LogP contribution in [-0.4, -0.2) is 35.9 Å². The van der Waals surface area contributed by atoms with Gasteiger partial charge in [0, 0.05) is 13.2 Å². The summed E-state index contributed by atoms with van der Waals surface area (Å²) in [6, 6.07) is 3.63. The molecule has 0 unspecified atom stereocenters. The number of hydrogen-bond donors (Lipinski definition) is 0. The second-order valence-corrected chi connectivity index (χ2v) is 4.85. The molecule has 114 valence electrons. The van der Waals surface area contributed by atoms with Crippen LogP contribution in [0.4, 0.5) is 0 Å². The van der Waals surface area contributed by atoms with E-state index in [0.717, 1.165) is 5.56 Å². The fourth-order valence-corrected chi connectivity index (χ4v) is 2.21. The van der Waals surface area contributed by atoms with E-state index in [1.807, 2.05) is 6.07 Å². The van der Waals surface area contributed by atoms with Gasteiger partial charge in [0.25, 0.3) is 0 Å². The third-order valence-corrected chi connectivity index (χ3v) is 3.27. The van der Waals surface area contributed by atoms with Gasteiger partial charge in [0.15, 0.2) is 17.3 Å². The number of aryl methyl sites for hydroxylation is 1. The lowest BCUT2D eigenvalue weighted by atomic mass is 10.1. The van der Waals surface area contributed by atoms with Gasteiger partial charge in [-0.3, -0.25) is 9.48 Å². The van der Waals surface area contributed by atoms with Gasteiger partial charge in [-0.25, -0.2) is 0 Å². The van der Waals surface area contributed by atoms with E-state index in [9.17, 15) is 4.79 Å². The minimum absolute atomic E-state index is 0.109. The lowest BCUT2D eigenvalue weighted by Gasteiger charge is -2.20. The van der Waals surface area contributed by atoms with Crippen molar-refractivity contribution in [1.29, 1.82) is 0 Å². The van der Waals surface area contributed by atoms with Crippen LogP contribution in [0.15, 0.2) is 30.6 Å². The second kappa shape index (κ2) is 5.93. The monoisotopic (exact) mass is 300 g/mol. The lowest BCUT2D eigenvalue weighted by Crippen LogP contribution is -2.16. The normalized spacial score (nSPS) is 13.4. The molecule has 0 aliphatic carbocycles. The molecule has 0 fully saturated rings. The summed E-state index contributed by atoms with van der Waals surface area (Å²) in [6.07, 6.45) is 6.44. The molecule has 3 rings (SSSR count).